The minimum absolute atomic E-state index is 0.437. The van der Waals surface area contributed by atoms with Crippen molar-refractivity contribution in [1.82, 2.24) is 5.32 Å². The fourth-order valence-corrected chi connectivity index (χ4v) is 3.24. The Morgan fingerprint density at radius 1 is 1.16 bits per heavy atom. The van der Waals surface area contributed by atoms with Gasteiger partial charge in [0.05, 0.1) is 0 Å². The Morgan fingerprint density at radius 3 is 2.58 bits per heavy atom. The maximum atomic E-state index is 3.49. The van der Waals surface area contributed by atoms with Crippen LogP contribution in [0, 0.1) is 0 Å². The number of hydrogen-bond donors (Lipinski definition) is 1. The molecule has 2 unspecified atom stereocenters. The van der Waals surface area contributed by atoms with E-state index in [-0.39, 0.29) is 0 Å². The molecule has 0 saturated heterocycles. The SMILES string of the molecule is CNC(CC1Cc2ccccc21)c1ccc(Br)cc1. The van der Waals surface area contributed by atoms with Crippen LogP contribution in [-0.4, -0.2) is 7.05 Å². The Bertz CT molecular complexity index is 562. The molecule has 2 atom stereocenters. The zero-order chi connectivity index (χ0) is 13.2. The molecule has 2 heteroatoms. The Morgan fingerprint density at radius 2 is 1.89 bits per heavy atom. The van der Waals surface area contributed by atoms with Crippen molar-refractivity contribution in [2.24, 2.45) is 0 Å². The zero-order valence-electron chi connectivity index (χ0n) is 11.1. The molecule has 1 aliphatic carbocycles. The van der Waals surface area contributed by atoms with Gasteiger partial charge in [-0.15, -0.1) is 0 Å². The van der Waals surface area contributed by atoms with Gasteiger partial charge < -0.3 is 5.32 Å². The quantitative estimate of drug-likeness (QED) is 0.879. The molecular weight excluding hydrogens is 298 g/mol. The van der Waals surface area contributed by atoms with Crippen LogP contribution in [0.4, 0.5) is 0 Å². The lowest BCUT2D eigenvalue weighted by Gasteiger charge is -2.33. The van der Waals surface area contributed by atoms with E-state index < -0.39 is 0 Å². The zero-order valence-corrected chi connectivity index (χ0v) is 12.7. The van der Waals surface area contributed by atoms with E-state index in [1.807, 2.05) is 0 Å². The van der Waals surface area contributed by atoms with Gasteiger partial charge in [0.15, 0.2) is 0 Å². The van der Waals surface area contributed by atoms with Crippen molar-refractivity contribution in [1.29, 1.82) is 0 Å². The molecule has 1 nitrogen and oxygen atoms in total. The predicted octanol–water partition coefficient (Wildman–Crippen LogP) is 4.44. The lowest BCUT2D eigenvalue weighted by Crippen LogP contribution is -2.24. The summed E-state index contributed by atoms with van der Waals surface area (Å²) in [4.78, 5) is 0. The normalized spacial score (nSPS) is 18.5. The first kappa shape index (κ1) is 12.9. The minimum atomic E-state index is 0.437. The molecule has 19 heavy (non-hydrogen) atoms. The molecule has 0 radical (unpaired) electrons. The molecule has 0 amide bonds. The molecule has 0 fully saturated rings. The van der Waals surface area contributed by atoms with E-state index in [1.54, 1.807) is 5.56 Å². The lowest BCUT2D eigenvalue weighted by atomic mass is 9.74. The molecule has 0 bridgehead atoms. The van der Waals surface area contributed by atoms with Crippen LogP contribution in [0.2, 0.25) is 0 Å². The molecule has 0 spiro atoms. The average Bonchev–Trinajstić information content (AvgIpc) is 2.42. The summed E-state index contributed by atoms with van der Waals surface area (Å²) in [6, 6.07) is 17.9. The highest BCUT2D eigenvalue weighted by Gasteiger charge is 2.27. The maximum Gasteiger partial charge on any atom is 0.0323 e. The van der Waals surface area contributed by atoms with E-state index in [2.05, 4.69) is 76.8 Å². The van der Waals surface area contributed by atoms with E-state index in [0.717, 1.165) is 4.47 Å². The standard InChI is InChI=1S/C17H18BrN/c1-19-17(12-6-8-15(18)9-7-12)11-14-10-13-4-2-3-5-16(13)14/h2-9,14,17,19H,10-11H2,1H3. The van der Waals surface area contributed by atoms with Crippen molar-refractivity contribution >= 4 is 15.9 Å². The third-order valence-electron chi connectivity index (χ3n) is 4.10. The van der Waals surface area contributed by atoms with Crippen LogP contribution in [0.25, 0.3) is 0 Å². The minimum Gasteiger partial charge on any atom is -0.313 e. The summed E-state index contributed by atoms with van der Waals surface area (Å²) in [5.41, 5.74) is 4.44. The van der Waals surface area contributed by atoms with Gasteiger partial charge in [0.2, 0.25) is 0 Å². The summed E-state index contributed by atoms with van der Waals surface area (Å²) in [6.45, 7) is 0. The van der Waals surface area contributed by atoms with Gasteiger partial charge in [-0.1, -0.05) is 52.3 Å². The first-order chi connectivity index (χ1) is 9.28. The summed E-state index contributed by atoms with van der Waals surface area (Å²) in [6.07, 6.45) is 2.40. The van der Waals surface area contributed by atoms with Crippen molar-refractivity contribution in [3.63, 3.8) is 0 Å². The van der Waals surface area contributed by atoms with Gasteiger partial charge in [-0.05, 0) is 54.6 Å². The molecule has 0 heterocycles. The van der Waals surface area contributed by atoms with Crippen LogP contribution in [0.5, 0.6) is 0 Å². The van der Waals surface area contributed by atoms with Crippen LogP contribution in [0.1, 0.15) is 35.1 Å². The van der Waals surface area contributed by atoms with Crippen molar-refractivity contribution < 1.29 is 0 Å². The Balaban J connectivity index is 1.73. The van der Waals surface area contributed by atoms with Gasteiger partial charge in [-0.25, -0.2) is 0 Å². The van der Waals surface area contributed by atoms with Crippen molar-refractivity contribution in [2.75, 3.05) is 7.05 Å². The molecule has 0 aromatic heterocycles. The highest BCUT2D eigenvalue weighted by Crippen LogP contribution is 2.40. The molecule has 1 N–H and O–H groups in total. The molecule has 1 aliphatic rings. The molecular formula is C17H18BrN. The lowest BCUT2D eigenvalue weighted by molar-refractivity contribution is 0.452. The number of nitrogens with one attached hydrogen (secondary N) is 1. The monoisotopic (exact) mass is 315 g/mol. The second-order valence-electron chi connectivity index (χ2n) is 5.23. The van der Waals surface area contributed by atoms with Crippen LogP contribution in [-0.2, 0) is 6.42 Å². The summed E-state index contributed by atoms with van der Waals surface area (Å²) in [7, 11) is 2.05. The third kappa shape index (κ3) is 2.60. The van der Waals surface area contributed by atoms with Gasteiger partial charge in [0, 0.05) is 10.5 Å². The fraction of sp³-hybridized carbons (Fsp3) is 0.294. The first-order valence-corrected chi connectivity index (χ1v) is 7.58. The second-order valence-corrected chi connectivity index (χ2v) is 6.14. The fourth-order valence-electron chi connectivity index (χ4n) is 2.97. The molecule has 2 aromatic rings. The van der Waals surface area contributed by atoms with Gasteiger partial charge >= 0.3 is 0 Å². The van der Waals surface area contributed by atoms with Gasteiger partial charge in [-0.2, -0.15) is 0 Å². The highest BCUT2D eigenvalue weighted by molar-refractivity contribution is 9.10. The van der Waals surface area contributed by atoms with Crippen LogP contribution >= 0.6 is 15.9 Å². The Hall–Kier alpha value is -1.12. The summed E-state index contributed by atoms with van der Waals surface area (Å²) >= 11 is 3.49. The van der Waals surface area contributed by atoms with E-state index in [1.165, 1.54) is 24.0 Å². The molecule has 0 saturated carbocycles. The van der Waals surface area contributed by atoms with Gasteiger partial charge in [0.25, 0.3) is 0 Å². The largest absolute Gasteiger partial charge is 0.313 e. The van der Waals surface area contributed by atoms with E-state index in [4.69, 9.17) is 0 Å². The third-order valence-corrected chi connectivity index (χ3v) is 4.63. The molecule has 2 aromatic carbocycles. The maximum absolute atomic E-state index is 3.49. The summed E-state index contributed by atoms with van der Waals surface area (Å²) < 4.78 is 1.14. The van der Waals surface area contributed by atoms with Gasteiger partial charge in [0.1, 0.15) is 0 Å². The number of halogens is 1. The summed E-state index contributed by atoms with van der Waals surface area (Å²) in [5, 5.41) is 3.45. The van der Waals surface area contributed by atoms with Crippen LogP contribution in [0.15, 0.2) is 53.0 Å². The number of hydrogen-bond acceptors (Lipinski definition) is 1. The van der Waals surface area contributed by atoms with E-state index in [0.29, 0.717) is 12.0 Å². The van der Waals surface area contributed by atoms with Crippen molar-refractivity contribution in [3.05, 3.63) is 69.7 Å². The van der Waals surface area contributed by atoms with Crippen molar-refractivity contribution in [3.8, 4) is 0 Å². The van der Waals surface area contributed by atoms with E-state index in [9.17, 15) is 0 Å². The van der Waals surface area contributed by atoms with Crippen molar-refractivity contribution in [2.45, 2.75) is 24.8 Å². The topological polar surface area (TPSA) is 12.0 Å². The van der Waals surface area contributed by atoms with Gasteiger partial charge in [-0.3, -0.25) is 0 Å². The molecule has 3 rings (SSSR count). The smallest absolute Gasteiger partial charge is 0.0323 e. The summed E-state index contributed by atoms with van der Waals surface area (Å²) in [5.74, 6) is 0.706. The number of rotatable bonds is 4. The predicted molar refractivity (Wildman–Crippen MR) is 83.4 cm³/mol. The second kappa shape index (κ2) is 5.48. The molecule has 0 aliphatic heterocycles. The highest BCUT2D eigenvalue weighted by atomic mass is 79.9. The average molecular weight is 316 g/mol. The Kier molecular flexibility index (Phi) is 3.72. The van der Waals surface area contributed by atoms with Crippen LogP contribution in [0.3, 0.4) is 0 Å². The van der Waals surface area contributed by atoms with E-state index >= 15 is 0 Å². The number of benzene rings is 2. The molecule has 98 valence electrons. The number of fused-ring (bicyclic) bond motifs is 1. The van der Waals surface area contributed by atoms with Crippen LogP contribution < -0.4 is 5.32 Å². The Labute approximate surface area is 123 Å². The first-order valence-electron chi connectivity index (χ1n) is 6.78.